The minimum Gasteiger partial charge on any atom is -0.462 e. The van der Waals surface area contributed by atoms with Gasteiger partial charge in [0.25, 0.3) is 0 Å². The maximum absolute atomic E-state index is 11.8. The summed E-state index contributed by atoms with van der Waals surface area (Å²) in [4.78, 5) is 11.8. The number of hydrogen-bond donors (Lipinski definition) is 1. The number of carbonyl (C=O) groups is 1. The van der Waals surface area contributed by atoms with Crippen molar-refractivity contribution in [3.05, 3.63) is 12.2 Å². The van der Waals surface area contributed by atoms with E-state index in [9.17, 15) is 9.90 Å². The Morgan fingerprint density at radius 2 is 1.89 bits per heavy atom. The lowest BCUT2D eigenvalue weighted by Crippen LogP contribution is -2.41. The van der Waals surface area contributed by atoms with Crippen LogP contribution in [0.1, 0.15) is 73.1 Å². The van der Waals surface area contributed by atoms with Crippen molar-refractivity contribution in [3.8, 4) is 0 Å². The van der Waals surface area contributed by atoms with E-state index in [0.29, 0.717) is 6.42 Å². The third-order valence-electron chi connectivity index (χ3n) is 6.85. The van der Waals surface area contributed by atoms with Gasteiger partial charge in [-0.2, -0.15) is 0 Å². The summed E-state index contributed by atoms with van der Waals surface area (Å²) < 4.78 is 12.4. The lowest BCUT2D eigenvalue weighted by Gasteiger charge is -2.34. The van der Waals surface area contributed by atoms with E-state index < -0.39 is 13.9 Å². The first-order chi connectivity index (χ1) is 12.8. The molecule has 156 valence electrons. The SMILES string of the molecule is CCCCC[C@](C)(O)/C=C/C1C2CC(=O)O[C@H]2C[C@H]1O[Si](CC)(CC)CC. The summed E-state index contributed by atoms with van der Waals surface area (Å²) in [5, 5.41) is 10.7. The summed E-state index contributed by atoms with van der Waals surface area (Å²) in [5.74, 6) is 0.277. The van der Waals surface area contributed by atoms with Crippen LogP contribution in [0, 0.1) is 11.8 Å². The lowest BCUT2D eigenvalue weighted by molar-refractivity contribution is -0.141. The highest BCUT2D eigenvalue weighted by Crippen LogP contribution is 2.45. The molecule has 0 spiro atoms. The second-order valence-electron chi connectivity index (χ2n) is 8.78. The van der Waals surface area contributed by atoms with Crippen LogP contribution in [0.3, 0.4) is 0 Å². The predicted octanol–water partition coefficient (Wildman–Crippen LogP) is 5.22. The minimum absolute atomic E-state index is 0.0144. The molecule has 2 fully saturated rings. The summed E-state index contributed by atoms with van der Waals surface area (Å²) in [6.45, 7) is 10.8. The summed E-state index contributed by atoms with van der Waals surface area (Å²) in [6.07, 6.45) is 9.59. The number of esters is 1. The number of aliphatic hydroxyl groups is 1. The van der Waals surface area contributed by atoms with Crippen molar-refractivity contribution in [1.82, 2.24) is 0 Å². The normalized spacial score (nSPS) is 30.5. The molecule has 5 heteroatoms. The molecule has 2 rings (SSSR count). The average Bonchev–Trinajstić information content (AvgIpc) is 3.13. The molecule has 0 aromatic rings. The summed E-state index contributed by atoms with van der Waals surface area (Å²) in [5.41, 5.74) is -0.796. The van der Waals surface area contributed by atoms with E-state index in [1.165, 1.54) is 0 Å². The molecule has 0 aromatic heterocycles. The van der Waals surface area contributed by atoms with Crippen LogP contribution in [0.5, 0.6) is 0 Å². The fraction of sp³-hybridized carbons (Fsp3) is 0.864. The Morgan fingerprint density at radius 1 is 1.22 bits per heavy atom. The molecule has 27 heavy (non-hydrogen) atoms. The van der Waals surface area contributed by atoms with Crippen LogP contribution >= 0.6 is 0 Å². The molecule has 1 saturated heterocycles. The molecule has 5 atom stereocenters. The molecular weight excluding hydrogens is 356 g/mol. The Morgan fingerprint density at radius 3 is 2.48 bits per heavy atom. The quantitative estimate of drug-likeness (QED) is 0.225. The fourth-order valence-corrected chi connectivity index (χ4v) is 7.64. The van der Waals surface area contributed by atoms with E-state index in [1.54, 1.807) is 0 Å². The average molecular weight is 397 g/mol. The van der Waals surface area contributed by atoms with Gasteiger partial charge in [0.15, 0.2) is 8.32 Å². The van der Waals surface area contributed by atoms with Gasteiger partial charge in [0.05, 0.1) is 18.1 Å². The molecular formula is C22H40O4Si. The van der Waals surface area contributed by atoms with Crippen molar-refractivity contribution < 1.29 is 19.1 Å². The summed E-state index contributed by atoms with van der Waals surface area (Å²) in [6, 6.07) is 3.37. The number of unbranched alkanes of at least 4 members (excludes halogenated alkanes) is 2. The van der Waals surface area contributed by atoms with E-state index in [-0.39, 0.29) is 30.0 Å². The second kappa shape index (κ2) is 9.70. The molecule has 1 heterocycles. The Hall–Kier alpha value is -0.653. The Labute approximate surface area is 166 Å². The van der Waals surface area contributed by atoms with E-state index >= 15 is 0 Å². The van der Waals surface area contributed by atoms with E-state index in [1.807, 2.05) is 13.0 Å². The molecule has 2 unspecified atom stereocenters. The molecule has 0 radical (unpaired) electrons. The smallest absolute Gasteiger partial charge is 0.306 e. The molecule has 1 aliphatic heterocycles. The van der Waals surface area contributed by atoms with E-state index in [4.69, 9.17) is 9.16 Å². The van der Waals surface area contributed by atoms with Gasteiger partial charge in [-0.3, -0.25) is 4.79 Å². The van der Waals surface area contributed by atoms with Gasteiger partial charge in [0, 0.05) is 18.3 Å². The molecule has 1 aliphatic carbocycles. The van der Waals surface area contributed by atoms with Crippen LogP contribution in [0.15, 0.2) is 12.2 Å². The van der Waals surface area contributed by atoms with Gasteiger partial charge in [-0.25, -0.2) is 0 Å². The third kappa shape index (κ3) is 5.67. The lowest BCUT2D eigenvalue weighted by atomic mass is 9.89. The molecule has 0 amide bonds. The van der Waals surface area contributed by atoms with Crippen LogP contribution in [0.25, 0.3) is 0 Å². The molecule has 2 aliphatic rings. The van der Waals surface area contributed by atoms with Crippen LogP contribution < -0.4 is 0 Å². The topological polar surface area (TPSA) is 55.8 Å². The zero-order chi connectivity index (χ0) is 20.1. The van der Waals surface area contributed by atoms with Crippen LogP contribution in [-0.4, -0.2) is 37.2 Å². The van der Waals surface area contributed by atoms with Crippen molar-refractivity contribution in [2.45, 2.75) is 109 Å². The van der Waals surface area contributed by atoms with Crippen molar-refractivity contribution >= 4 is 14.3 Å². The number of fused-ring (bicyclic) bond motifs is 1. The Balaban J connectivity index is 2.14. The fourth-order valence-electron chi connectivity index (χ4n) is 4.75. The van der Waals surface area contributed by atoms with Gasteiger partial charge in [-0.15, -0.1) is 0 Å². The number of hydrogen-bond acceptors (Lipinski definition) is 4. The van der Waals surface area contributed by atoms with E-state index in [0.717, 1.165) is 50.2 Å². The van der Waals surface area contributed by atoms with Crippen molar-refractivity contribution in [1.29, 1.82) is 0 Å². The van der Waals surface area contributed by atoms with Gasteiger partial charge in [0.1, 0.15) is 6.10 Å². The first kappa shape index (κ1) is 22.6. The van der Waals surface area contributed by atoms with Crippen LogP contribution in [0.2, 0.25) is 18.1 Å². The van der Waals surface area contributed by atoms with Crippen LogP contribution in [-0.2, 0) is 14.0 Å². The predicted molar refractivity (Wildman–Crippen MR) is 112 cm³/mol. The third-order valence-corrected chi connectivity index (χ3v) is 11.5. The Bertz CT molecular complexity index is 504. The minimum atomic E-state index is -1.73. The van der Waals surface area contributed by atoms with Gasteiger partial charge < -0.3 is 14.3 Å². The second-order valence-corrected chi connectivity index (χ2v) is 13.5. The van der Waals surface area contributed by atoms with Gasteiger partial charge in [0.2, 0.25) is 0 Å². The van der Waals surface area contributed by atoms with Crippen LogP contribution in [0.4, 0.5) is 0 Å². The zero-order valence-electron chi connectivity index (χ0n) is 18.0. The largest absolute Gasteiger partial charge is 0.462 e. The first-order valence-corrected chi connectivity index (χ1v) is 13.6. The molecule has 4 nitrogen and oxygen atoms in total. The van der Waals surface area contributed by atoms with Crippen molar-refractivity contribution in [2.24, 2.45) is 11.8 Å². The number of carbonyl (C=O) groups excluding carboxylic acids is 1. The summed E-state index contributed by atoms with van der Waals surface area (Å²) in [7, 11) is -1.73. The monoisotopic (exact) mass is 396 g/mol. The van der Waals surface area contributed by atoms with Gasteiger partial charge in [-0.1, -0.05) is 59.1 Å². The van der Waals surface area contributed by atoms with Crippen molar-refractivity contribution in [2.75, 3.05) is 0 Å². The summed E-state index contributed by atoms with van der Waals surface area (Å²) >= 11 is 0. The number of rotatable bonds is 11. The highest BCUT2D eigenvalue weighted by atomic mass is 28.4. The molecule has 0 aromatic carbocycles. The zero-order valence-corrected chi connectivity index (χ0v) is 19.0. The maximum atomic E-state index is 11.8. The van der Waals surface area contributed by atoms with Crippen molar-refractivity contribution in [3.63, 3.8) is 0 Å². The maximum Gasteiger partial charge on any atom is 0.306 e. The van der Waals surface area contributed by atoms with Gasteiger partial charge in [-0.05, 0) is 31.5 Å². The standard InChI is InChI=1S/C22H40O4Si/c1-6-10-11-13-22(5,24)14-12-17-18-15-21(23)25-19(18)16-20(17)26-27(7-2,8-3)9-4/h12,14,17-20,24H,6-11,13,15-16H2,1-5H3/b14-12+/t17?,18?,19-,20+,22-/m0/s1. The first-order valence-electron chi connectivity index (χ1n) is 11.1. The van der Waals surface area contributed by atoms with E-state index in [2.05, 4.69) is 33.8 Å². The number of ether oxygens (including phenoxy) is 1. The van der Waals surface area contributed by atoms with Gasteiger partial charge >= 0.3 is 5.97 Å². The molecule has 0 bridgehead atoms. The highest BCUT2D eigenvalue weighted by Gasteiger charge is 2.51. The highest BCUT2D eigenvalue weighted by molar-refractivity contribution is 6.73. The molecule has 1 saturated carbocycles. The molecule has 1 N–H and O–H groups in total. The Kier molecular flexibility index (Phi) is 8.14.